The molecule has 1 aromatic carbocycles. The van der Waals surface area contributed by atoms with Crippen LogP contribution in [-0.4, -0.2) is 34.9 Å². The summed E-state index contributed by atoms with van der Waals surface area (Å²) in [5, 5.41) is 3.44. The van der Waals surface area contributed by atoms with Gasteiger partial charge in [-0.2, -0.15) is 0 Å². The molecule has 1 aromatic heterocycles. The van der Waals surface area contributed by atoms with Crippen LogP contribution in [0.5, 0.6) is 0 Å². The summed E-state index contributed by atoms with van der Waals surface area (Å²) in [4.78, 5) is 19.5. The van der Waals surface area contributed by atoms with Crippen LogP contribution in [0, 0.1) is 0 Å². The Kier molecular flexibility index (Phi) is 6.57. The highest BCUT2D eigenvalue weighted by Crippen LogP contribution is 2.18. The van der Waals surface area contributed by atoms with Gasteiger partial charge in [0.15, 0.2) is 0 Å². The molecule has 1 saturated heterocycles. The van der Waals surface area contributed by atoms with Gasteiger partial charge in [0.25, 0.3) is 0 Å². The summed E-state index contributed by atoms with van der Waals surface area (Å²) >= 11 is 0. The predicted octanol–water partition coefficient (Wildman–Crippen LogP) is 3.19. The van der Waals surface area contributed by atoms with Gasteiger partial charge in [0, 0.05) is 18.7 Å². The summed E-state index contributed by atoms with van der Waals surface area (Å²) in [5.74, 6) is 0.237. The van der Waals surface area contributed by atoms with Gasteiger partial charge in [-0.15, -0.1) is 0 Å². The van der Waals surface area contributed by atoms with Crippen molar-refractivity contribution in [3.63, 3.8) is 0 Å². The molecular formula is C21H27N3O. The van der Waals surface area contributed by atoms with Crippen molar-refractivity contribution in [1.29, 1.82) is 0 Å². The van der Waals surface area contributed by atoms with Gasteiger partial charge in [-0.25, -0.2) is 0 Å². The van der Waals surface area contributed by atoms with Crippen LogP contribution in [0.3, 0.4) is 0 Å². The Morgan fingerprint density at radius 2 is 1.92 bits per heavy atom. The fourth-order valence-corrected chi connectivity index (χ4v) is 3.44. The third-order valence-corrected chi connectivity index (χ3v) is 4.84. The molecule has 0 spiro atoms. The number of pyridine rings is 1. The summed E-state index contributed by atoms with van der Waals surface area (Å²) in [6, 6.07) is 16.5. The second-order valence-electron chi connectivity index (χ2n) is 6.66. The maximum Gasteiger partial charge on any atom is 0.223 e. The molecule has 1 amide bonds. The second kappa shape index (κ2) is 9.33. The fraction of sp³-hybridized carbons (Fsp3) is 0.429. The van der Waals surface area contributed by atoms with Crippen molar-refractivity contribution in [3.05, 3.63) is 66.0 Å². The molecule has 25 heavy (non-hydrogen) atoms. The van der Waals surface area contributed by atoms with E-state index in [0.717, 1.165) is 44.5 Å². The number of carbonyl (C=O) groups is 1. The molecule has 132 valence electrons. The fourth-order valence-electron chi connectivity index (χ4n) is 3.44. The lowest BCUT2D eigenvalue weighted by Gasteiger charge is -2.31. The number of rotatable bonds is 6. The number of nitrogens with one attached hydrogen (secondary N) is 1. The molecule has 4 heteroatoms. The van der Waals surface area contributed by atoms with Gasteiger partial charge < -0.3 is 10.2 Å². The van der Waals surface area contributed by atoms with Crippen LogP contribution in [0.1, 0.15) is 36.9 Å². The molecule has 1 aliphatic rings. The Balaban J connectivity index is 1.68. The average Bonchev–Trinajstić information content (AvgIpc) is 2.95. The predicted molar refractivity (Wildman–Crippen MR) is 100 cm³/mol. The van der Waals surface area contributed by atoms with Gasteiger partial charge in [0.05, 0.1) is 12.2 Å². The summed E-state index contributed by atoms with van der Waals surface area (Å²) < 4.78 is 0. The largest absolute Gasteiger partial charge is 0.334 e. The minimum Gasteiger partial charge on any atom is -0.334 e. The molecule has 2 heterocycles. The summed E-state index contributed by atoms with van der Waals surface area (Å²) in [5.41, 5.74) is 2.18. The molecule has 0 unspecified atom stereocenters. The minimum atomic E-state index is 0.237. The molecule has 0 saturated carbocycles. The molecule has 1 N–H and O–H groups in total. The topological polar surface area (TPSA) is 45.2 Å². The zero-order valence-corrected chi connectivity index (χ0v) is 14.7. The van der Waals surface area contributed by atoms with Crippen LogP contribution in [0.2, 0.25) is 0 Å². The molecule has 4 nitrogen and oxygen atoms in total. The molecule has 3 rings (SSSR count). The van der Waals surface area contributed by atoms with Crippen molar-refractivity contribution in [2.45, 2.75) is 44.7 Å². The van der Waals surface area contributed by atoms with E-state index in [1.54, 1.807) is 6.20 Å². The zero-order chi connectivity index (χ0) is 17.3. The quantitative estimate of drug-likeness (QED) is 0.880. The first-order chi connectivity index (χ1) is 12.3. The van der Waals surface area contributed by atoms with Crippen molar-refractivity contribution >= 4 is 5.91 Å². The lowest BCUT2D eigenvalue weighted by atomic mass is 10.0. The Hall–Kier alpha value is -2.20. The van der Waals surface area contributed by atoms with Crippen LogP contribution in [0.4, 0.5) is 0 Å². The molecule has 0 radical (unpaired) electrons. The number of benzene rings is 1. The van der Waals surface area contributed by atoms with Crippen LogP contribution in [-0.2, 0) is 17.8 Å². The van der Waals surface area contributed by atoms with Crippen molar-refractivity contribution in [1.82, 2.24) is 15.2 Å². The van der Waals surface area contributed by atoms with Gasteiger partial charge >= 0.3 is 0 Å². The molecule has 0 bridgehead atoms. The highest BCUT2D eigenvalue weighted by atomic mass is 16.2. The van der Waals surface area contributed by atoms with Crippen molar-refractivity contribution < 1.29 is 4.79 Å². The number of aryl methyl sites for hydroxylation is 1. The first-order valence-electron chi connectivity index (χ1n) is 9.27. The SMILES string of the molecule is O=C(CCc1ccccc1)N(Cc1ccccn1)[C@@H]1CCCNCC1. The molecule has 1 atom stereocenters. The highest BCUT2D eigenvalue weighted by molar-refractivity contribution is 5.76. The maximum absolute atomic E-state index is 13.0. The normalized spacial score (nSPS) is 17.7. The van der Waals surface area contributed by atoms with Gasteiger partial charge in [0.2, 0.25) is 5.91 Å². The third kappa shape index (κ3) is 5.40. The third-order valence-electron chi connectivity index (χ3n) is 4.84. The molecule has 2 aromatic rings. The van der Waals surface area contributed by atoms with E-state index in [-0.39, 0.29) is 5.91 Å². The van der Waals surface area contributed by atoms with Crippen LogP contribution < -0.4 is 5.32 Å². The van der Waals surface area contributed by atoms with Gasteiger partial charge in [-0.1, -0.05) is 36.4 Å². The Labute approximate surface area is 150 Å². The molecule has 1 fully saturated rings. The van der Waals surface area contributed by atoms with E-state index in [0.29, 0.717) is 19.0 Å². The lowest BCUT2D eigenvalue weighted by Crippen LogP contribution is -2.40. The summed E-state index contributed by atoms with van der Waals surface area (Å²) in [7, 11) is 0. The Morgan fingerprint density at radius 3 is 2.72 bits per heavy atom. The number of aromatic nitrogens is 1. The van der Waals surface area contributed by atoms with Crippen molar-refractivity contribution in [2.24, 2.45) is 0 Å². The number of carbonyl (C=O) groups excluding carboxylic acids is 1. The standard InChI is InChI=1S/C21H27N3O/c25-21(12-11-18-7-2-1-3-8-18)24(17-19-9-4-5-15-23-19)20-10-6-14-22-16-13-20/h1-5,7-9,15,20,22H,6,10-14,16-17H2/t20-/m1/s1. The first kappa shape index (κ1) is 17.6. The number of amides is 1. The Bertz CT molecular complexity index is 637. The zero-order valence-electron chi connectivity index (χ0n) is 14.7. The van der Waals surface area contributed by atoms with E-state index in [1.165, 1.54) is 5.56 Å². The van der Waals surface area contributed by atoms with Crippen LogP contribution in [0.25, 0.3) is 0 Å². The molecular weight excluding hydrogens is 310 g/mol. The number of hydrogen-bond acceptors (Lipinski definition) is 3. The highest BCUT2D eigenvalue weighted by Gasteiger charge is 2.24. The van der Waals surface area contributed by atoms with E-state index in [2.05, 4.69) is 27.3 Å². The molecule has 1 aliphatic heterocycles. The van der Waals surface area contributed by atoms with Gasteiger partial charge in [0.1, 0.15) is 0 Å². The van der Waals surface area contributed by atoms with Crippen molar-refractivity contribution in [3.8, 4) is 0 Å². The molecule has 0 aliphatic carbocycles. The van der Waals surface area contributed by atoms with Crippen LogP contribution >= 0.6 is 0 Å². The minimum absolute atomic E-state index is 0.237. The number of hydrogen-bond donors (Lipinski definition) is 1. The Morgan fingerprint density at radius 1 is 1.08 bits per heavy atom. The van der Waals surface area contributed by atoms with Crippen LogP contribution in [0.15, 0.2) is 54.7 Å². The lowest BCUT2D eigenvalue weighted by molar-refractivity contribution is -0.134. The van der Waals surface area contributed by atoms with E-state index in [1.807, 2.05) is 36.4 Å². The average molecular weight is 337 g/mol. The monoisotopic (exact) mass is 337 g/mol. The first-order valence-corrected chi connectivity index (χ1v) is 9.27. The second-order valence-corrected chi connectivity index (χ2v) is 6.66. The van der Waals surface area contributed by atoms with Crippen molar-refractivity contribution in [2.75, 3.05) is 13.1 Å². The van der Waals surface area contributed by atoms with Gasteiger partial charge in [-0.3, -0.25) is 9.78 Å². The van der Waals surface area contributed by atoms with E-state index in [4.69, 9.17) is 0 Å². The van der Waals surface area contributed by atoms with E-state index < -0.39 is 0 Å². The van der Waals surface area contributed by atoms with E-state index >= 15 is 0 Å². The van der Waals surface area contributed by atoms with E-state index in [9.17, 15) is 4.79 Å². The summed E-state index contributed by atoms with van der Waals surface area (Å²) in [6.45, 7) is 2.64. The maximum atomic E-state index is 13.0. The number of nitrogens with zero attached hydrogens (tertiary/aromatic N) is 2. The summed E-state index contributed by atoms with van der Waals surface area (Å²) in [6.07, 6.45) is 6.36. The van der Waals surface area contributed by atoms with Gasteiger partial charge in [-0.05, 0) is 56.5 Å². The smallest absolute Gasteiger partial charge is 0.223 e.